The lowest BCUT2D eigenvalue weighted by Crippen LogP contribution is -2.44. The Kier molecular flexibility index (Phi) is 5.43. The Labute approximate surface area is 146 Å². The van der Waals surface area contributed by atoms with Crippen LogP contribution in [0.5, 0.6) is 0 Å². The molecule has 25 heavy (non-hydrogen) atoms. The minimum atomic E-state index is -0.450. The van der Waals surface area contributed by atoms with Crippen LogP contribution in [0, 0.1) is 5.82 Å². The van der Waals surface area contributed by atoms with Crippen molar-refractivity contribution in [3.8, 4) is 11.4 Å². The highest BCUT2D eigenvalue weighted by molar-refractivity contribution is 5.80. The minimum Gasteiger partial charge on any atom is -0.369 e. The van der Waals surface area contributed by atoms with Gasteiger partial charge in [0.1, 0.15) is 11.9 Å². The number of piperidine rings is 1. The van der Waals surface area contributed by atoms with E-state index >= 15 is 0 Å². The molecule has 6 nitrogen and oxygen atoms in total. The van der Waals surface area contributed by atoms with Crippen LogP contribution in [-0.4, -0.2) is 46.7 Å². The second kappa shape index (κ2) is 7.74. The molecule has 2 aromatic rings. The summed E-state index contributed by atoms with van der Waals surface area (Å²) in [7, 11) is 0. The monoisotopic (exact) mass is 347 g/mol. The van der Waals surface area contributed by atoms with Gasteiger partial charge in [0, 0.05) is 25.3 Å². The molecule has 134 valence electrons. The van der Waals surface area contributed by atoms with Crippen LogP contribution in [0.3, 0.4) is 0 Å². The lowest BCUT2D eigenvalue weighted by Gasteiger charge is -2.32. The van der Waals surface area contributed by atoms with Crippen LogP contribution in [0.15, 0.2) is 28.8 Å². The summed E-state index contributed by atoms with van der Waals surface area (Å²) in [5, 5.41) is 3.96. The molecule has 0 spiro atoms. The number of benzene rings is 1. The van der Waals surface area contributed by atoms with Gasteiger partial charge >= 0.3 is 0 Å². The second-order valence-electron chi connectivity index (χ2n) is 6.19. The summed E-state index contributed by atoms with van der Waals surface area (Å²) in [6.07, 6.45) is 1.29. The molecule has 1 aliphatic rings. The van der Waals surface area contributed by atoms with Gasteiger partial charge in [-0.2, -0.15) is 4.98 Å². The van der Waals surface area contributed by atoms with Crippen LogP contribution < -0.4 is 0 Å². The van der Waals surface area contributed by atoms with E-state index in [1.165, 1.54) is 12.1 Å². The summed E-state index contributed by atoms with van der Waals surface area (Å²) >= 11 is 0. The van der Waals surface area contributed by atoms with E-state index in [4.69, 9.17) is 9.26 Å². The van der Waals surface area contributed by atoms with Crippen molar-refractivity contribution in [1.82, 2.24) is 15.0 Å². The van der Waals surface area contributed by atoms with Gasteiger partial charge in [-0.15, -0.1) is 0 Å². The Morgan fingerprint density at radius 2 is 2.36 bits per heavy atom. The molecule has 3 rings (SSSR count). The van der Waals surface area contributed by atoms with E-state index in [-0.39, 0.29) is 17.6 Å². The van der Waals surface area contributed by atoms with Crippen LogP contribution in [0.25, 0.3) is 11.4 Å². The number of ether oxygens (including phenoxy) is 1. The van der Waals surface area contributed by atoms with Crippen LogP contribution in [0.1, 0.15) is 38.5 Å². The van der Waals surface area contributed by atoms with Crippen molar-refractivity contribution in [2.75, 3.05) is 19.7 Å². The summed E-state index contributed by atoms with van der Waals surface area (Å²) in [6.45, 7) is 5.38. The van der Waals surface area contributed by atoms with Gasteiger partial charge in [-0.25, -0.2) is 4.39 Å². The zero-order valence-corrected chi connectivity index (χ0v) is 14.4. The van der Waals surface area contributed by atoms with Crippen molar-refractivity contribution >= 4 is 5.91 Å². The van der Waals surface area contributed by atoms with E-state index in [1.54, 1.807) is 24.0 Å². The second-order valence-corrected chi connectivity index (χ2v) is 6.19. The molecule has 1 aromatic heterocycles. The average Bonchev–Trinajstić information content (AvgIpc) is 3.11. The SMILES string of the molecule is CCO[C@H](C)C(=O)N1CCC[C@H](c2nc(-c3cccc(F)c3)no2)C1. The average molecular weight is 347 g/mol. The third-order valence-corrected chi connectivity index (χ3v) is 4.37. The Morgan fingerprint density at radius 3 is 3.12 bits per heavy atom. The van der Waals surface area contributed by atoms with Crippen LogP contribution in [-0.2, 0) is 9.53 Å². The van der Waals surface area contributed by atoms with Gasteiger partial charge in [0.15, 0.2) is 0 Å². The number of halogens is 1. The van der Waals surface area contributed by atoms with Crippen molar-refractivity contribution in [2.24, 2.45) is 0 Å². The molecule has 0 radical (unpaired) electrons. The lowest BCUT2D eigenvalue weighted by atomic mass is 9.97. The fourth-order valence-corrected chi connectivity index (χ4v) is 3.10. The van der Waals surface area contributed by atoms with Crippen molar-refractivity contribution < 1.29 is 18.4 Å². The summed E-state index contributed by atoms with van der Waals surface area (Å²) in [5.74, 6) is 0.474. The molecule has 0 aliphatic carbocycles. The number of amides is 1. The first kappa shape index (κ1) is 17.5. The summed E-state index contributed by atoms with van der Waals surface area (Å²) in [5.41, 5.74) is 0.573. The molecule has 1 fully saturated rings. The molecule has 1 aliphatic heterocycles. The Morgan fingerprint density at radius 1 is 1.52 bits per heavy atom. The standard InChI is InChI=1S/C18H22FN3O3/c1-3-24-12(2)18(23)22-9-5-7-14(11-22)17-20-16(21-25-17)13-6-4-8-15(19)10-13/h4,6,8,10,12,14H,3,5,7,9,11H2,1-2H3/t12-,14+/m1/s1. The first-order valence-electron chi connectivity index (χ1n) is 8.58. The first-order valence-corrected chi connectivity index (χ1v) is 8.58. The zero-order chi connectivity index (χ0) is 17.8. The number of likely N-dealkylation sites (tertiary alicyclic amines) is 1. The van der Waals surface area contributed by atoms with Crippen molar-refractivity contribution in [2.45, 2.75) is 38.7 Å². The van der Waals surface area contributed by atoms with E-state index in [0.29, 0.717) is 37.0 Å². The van der Waals surface area contributed by atoms with Crippen LogP contribution in [0.4, 0.5) is 4.39 Å². The lowest BCUT2D eigenvalue weighted by molar-refractivity contribution is -0.143. The van der Waals surface area contributed by atoms with Crippen molar-refractivity contribution in [3.63, 3.8) is 0 Å². The third-order valence-electron chi connectivity index (χ3n) is 4.37. The largest absolute Gasteiger partial charge is 0.369 e. The molecule has 2 atom stereocenters. The normalized spacial score (nSPS) is 19.0. The summed E-state index contributed by atoms with van der Waals surface area (Å²) in [4.78, 5) is 18.6. The van der Waals surface area contributed by atoms with Crippen molar-refractivity contribution in [1.29, 1.82) is 0 Å². The van der Waals surface area contributed by atoms with Gasteiger partial charge < -0.3 is 14.2 Å². The van der Waals surface area contributed by atoms with E-state index in [0.717, 1.165) is 12.8 Å². The maximum Gasteiger partial charge on any atom is 0.251 e. The summed E-state index contributed by atoms with van der Waals surface area (Å²) in [6, 6.07) is 6.08. The minimum absolute atomic E-state index is 0.0127. The highest BCUT2D eigenvalue weighted by atomic mass is 19.1. The van der Waals surface area contributed by atoms with Crippen molar-refractivity contribution in [3.05, 3.63) is 36.0 Å². The molecule has 7 heteroatoms. The Balaban J connectivity index is 1.71. The molecular weight excluding hydrogens is 325 g/mol. The molecule has 0 saturated carbocycles. The number of rotatable bonds is 5. The molecule has 2 heterocycles. The van der Waals surface area contributed by atoms with E-state index in [9.17, 15) is 9.18 Å². The first-order chi connectivity index (χ1) is 12.1. The highest BCUT2D eigenvalue weighted by Gasteiger charge is 2.30. The molecule has 0 unspecified atom stereocenters. The van der Waals surface area contributed by atoms with Gasteiger partial charge in [-0.05, 0) is 38.8 Å². The van der Waals surface area contributed by atoms with Gasteiger partial charge in [0.2, 0.25) is 11.7 Å². The molecular formula is C18H22FN3O3. The topological polar surface area (TPSA) is 68.5 Å². The predicted octanol–water partition coefficient (Wildman–Crippen LogP) is 3.01. The zero-order valence-electron chi connectivity index (χ0n) is 14.4. The highest BCUT2D eigenvalue weighted by Crippen LogP contribution is 2.28. The Bertz CT molecular complexity index is 734. The van der Waals surface area contributed by atoms with Gasteiger partial charge in [0.05, 0.1) is 5.92 Å². The number of nitrogens with zero attached hydrogens (tertiary/aromatic N) is 3. The van der Waals surface area contributed by atoms with E-state index in [2.05, 4.69) is 10.1 Å². The molecule has 1 aromatic carbocycles. The van der Waals surface area contributed by atoms with Gasteiger partial charge in [0.25, 0.3) is 5.91 Å². The van der Waals surface area contributed by atoms with Crippen LogP contribution in [0.2, 0.25) is 0 Å². The maximum absolute atomic E-state index is 13.4. The molecule has 1 saturated heterocycles. The smallest absolute Gasteiger partial charge is 0.251 e. The number of hydrogen-bond donors (Lipinski definition) is 0. The predicted molar refractivity (Wildman–Crippen MR) is 89.3 cm³/mol. The molecule has 0 bridgehead atoms. The maximum atomic E-state index is 13.4. The summed E-state index contributed by atoms with van der Waals surface area (Å²) < 4.78 is 24.1. The number of carbonyl (C=O) groups is 1. The van der Waals surface area contributed by atoms with Gasteiger partial charge in [-0.3, -0.25) is 4.79 Å². The van der Waals surface area contributed by atoms with E-state index in [1.807, 2.05) is 6.92 Å². The third kappa shape index (κ3) is 4.04. The number of hydrogen-bond acceptors (Lipinski definition) is 5. The van der Waals surface area contributed by atoms with Gasteiger partial charge in [-0.1, -0.05) is 17.3 Å². The fraction of sp³-hybridized carbons (Fsp3) is 0.500. The fourth-order valence-electron chi connectivity index (χ4n) is 3.10. The number of carbonyl (C=O) groups excluding carboxylic acids is 1. The quantitative estimate of drug-likeness (QED) is 0.832. The van der Waals surface area contributed by atoms with Crippen LogP contribution >= 0.6 is 0 Å². The van der Waals surface area contributed by atoms with E-state index < -0.39 is 6.10 Å². The number of aromatic nitrogens is 2. The Hall–Kier alpha value is -2.28. The molecule has 1 amide bonds. The molecule has 0 N–H and O–H groups in total.